The Morgan fingerprint density at radius 3 is 2.46 bits per heavy atom. The number of piperidine rings is 1. The van der Waals surface area contributed by atoms with Gasteiger partial charge < -0.3 is 9.84 Å². The monoisotopic (exact) mass is 587 g/mol. The molecule has 0 saturated carbocycles. The zero-order chi connectivity index (χ0) is 26.6. The first kappa shape index (κ1) is 27.6. The van der Waals surface area contributed by atoms with Crippen molar-refractivity contribution in [2.24, 2.45) is 0 Å². The summed E-state index contributed by atoms with van der Waals surface area (Å²) in [6.07, 6.45) is 3.82. The number of hydrogen-bond acceptors (Lipinski definition) is 7. The Hall–Kier alpha value is -2.44. The molecule has 2 aliphatic heterocycles. The number of nitrogens with one attached hydrogen (secondary N) is 1. The third kappa shape index (κ3) is 6.71. The van der Waals surface area contributed by atoms with Crippen molar-refractivity contribution in [3.63, 3.8) is 0 Å². The lowest BCUT2D eigenvalue weighted by molar-refractivity contribution is -0.122. The van der Waals surface area contributed by atoms with Crippen LogP contribution in [0.4, 0.5) is 10.2 Å². The number of carboxylic acid groups (broad SMARTS) is 1. The maximum Gasteiger partial charge on any atom is 0.290 e. The molecule has 2 bridgehead atoms. The number of hydrogen-bond donors (Lipinski definition) is 2. The molecule has 3 heterocycles. The molecule has 0 aliphatic carbocycles. The van der Waals surface area contributed by atoms with Gasteiger partial charge in [0.1, 0.15) is 17.7 Å². The molecule has 0 amide bonds. The van der Waals surface area contributed by atoms with Crippen LogP contribution in [0, 0.1) is 5.82 Å². The number of fused-ring (bicyclic) bond motifs is 2. The van der Waals surface area contributed by atoms with E-state index in [0.29, 0.717) is 17.8 Å². The number of sulfonamides is 1. The molecular weight excluding hydrogens is 564 g/mol. The van der Waals surface area contributed by atoms with Crippen molar-refractivity contribution >= 4 is 56.9 Å². The summed E-state index contributed by atoms with van der Waals surface area (Å²) in [6.45, 7) is 0.474. The molecule has 5 rings (SSSR count). The summed E-state index contributed by atoms with van der Waals surface area (Å²) in [4.78, 5) is 14.8. The van der Waals surface area contributed by atoms with Gasteiger partial charge in [0.15, 0.2) is 5.82 Å². The summed E-state index contributed by atoms with van der Waals surface area (Å²) < 4.78 is 47.3. The Bertz CT molecular complexity index is 1330. The predicted molar refractivity (Wildman–Crippen MR) is 140 cm³/mol. The van der Waals surface area contributed by atoms with E-state index < -0.39 is 15.8 Å². The molecule has 2 N–H and O–H groups in total. The van der Waals surface area contributed by atoms with Gasteiger partial charge in [0.25, 0.3) is 16.5 Å². The zero-order valence-corrected chi connectivity index (χ0v) is 22.5. The van der Waals surface area contributed by atoms with Crippen LogP contribution in [0.2, 0.25) is 10.0 Å². The van der Waals surface area contributed by atoms with Gasteiger partial charge >= 0.3 is 0 Å². The van der Waals surface area contributed by atoms with Crippen molar-refractivity contribution in [2.45, 2.75) is 55.3 Å². The van der Waals surface area contributed by atoms with Gasteiger partial charge in [-0.15, -0.1) is 11.3 Å². The fraction of sp³-hybridized carbons (Fsp3) is 0.333. The van der Waals surface area contributed by atoms with Crippen molar-refractivity contribution in [3.8, 4) is 5.75 Å². The van der Waals surface area contributed by atoms with Crippen LogP contribution in [0.3, 0.4) is 0 Å². The smallest absolute Gasteiger partial charge is 0.290 e. The highest BCUT2D eigenvalue weighted by Gasteiger charge is 2.41. The minimum Gasteiger partial charge on any atom is -0.489 e. The van der Waals surface area contributed by atoms with Gasteiger partial charge in [-0.05, 0) is 61.6 Å². The molecule has 8 nitrogen and oxygen atoms in total. The summed E-state index contributed by atoms with van der Waals surface area (Å²) in [7, 11) is -3.79. The van der Waals surface area contributed by atoms with Gasteiger partial charge in [-0.2, -0.15) is 0 Å². The first-order valence-corrected chi connectivity index (χ1v) is 14.5. The average Bonchev–Trinajstić information content (AvgIpc) is 3.42. The number of rotatable bonds is 7. The Labute approximate surface area is 228 Å². The number of carbonyl (C=O) groups is 1. The SMILES string of the molecule is O=CO.O=S(=O)(Nc1cscn1)c1ccc(OC2C[C@@H]3CC[C@@H](C2)N3Cc2ccc(F)c(Cl)c2)c(Cl)c1. The third-order valence-electron chi connectivity index (χ3n) is 6.37. The summed E-state index contributed by atoms with van der Waals surface area (Å²) in [6, 6.07) is 10.1. The molecule has 13 heteroatoms. The second-order valence-corrected chi connectivity index (χ2v) is 11.9. The van der Waals surface area contributed by atoms with Crippen molar-refractivity contribution in [1.29, 1.82) is 0 Å². The molecular formula is C24H24Cl2FN3O5S2. The summed E-state index contributed by atoms with van der Waals surface area (Å²) in [5.41, 5.74) is 2.54. The fourth-order valence-corrected chi connectivity index (χ4v) is 6.89. The quantitative estimate of drug-likeness (QED) is 0.343. The highest BCUT2D eigenvalue weighted by atomic mass is 35.5. The normalized spacial score (nSPS) is 21.1. The van der Waals surface area contributed by atoms with E-state index in [1.807, 2.05) is 0 Å². The van der Waals surface area contributed by atoms with Crippen molar-refractivity contribution in [2.75, 3.05) is 4.72 Å². The first-order valence-electron chi connectivity index (χ1n) is 11.3. The van der Waals surface area contributed by atoms with Gasteiger partial charge in [0, 0.05) is 24.0 Å². The zero-order valence-electron chi connectivity index (χ0n) is 19.4. The minimum absolute atomic E-state index is 0.0151. The minimum atomic E-state index is -3.79. The second-order valence-electron chi connectivity index (χ2n) is 8.69. The van der Waals surface area contributed by atoms with E-state index in [1.54, 1.807) is 29.1 Å². The maximum absolute atomic E-state index is 13.5. The van der Waals surface area contributed by atoms with Crippen LogP contribution in [0.15, 0.2) is 52.2 Å². The molecule has 37 heavy (non-hydrogen) atoms. The topological polar surface area (TPSA) is 109 Å². The summed E-state index contributed by atoms with van der Waals surface area (Å²) in [5, 5.41) is 8.89. The highest BCUT2D eigenvalue weighted by molar-refractivity contribution is 7.92. The molecule has 0 unspecified atom stereocenters. The van der Waals surface area contributed by atoms with E-state index in [1.165, 1.54) is 29.5 Å². The maximum atomic E-state index is 13.5. The van der Waals surface area contributed by atoms with Crippen LogP contribution in [0.5, 0.6) is 5.75 Å². The average molecular weight is 589 g/mol. The molecule has 1 aromatic heterocycles. The third-order valence-corrected chi connectivity index (χ3v) is 8.89. The van der Waals surface area contributed by atoms with Crippen LogP contribution in [0.1, 0.15) is 31.2 Å². The summed E-state index contributed by atoms with van der Waals surface area (Å²) >= 11 is 13.7. The summed E-state index contributed by atoms with van der Waals surface area (Å²) in [5.74, 6) is 0.333. The largest absolute Gasteiger partial charge is 0.489 e. The van der Waals surface area contributed by atoms with E-state index in [2.05, 4.69) is 14.6 Å². The van der Waals surface area contributed by atoms with Crippen LogP contribution >= 0.6 is 34.5 Å². The molecule has 2 aromatic carbocycles. The van der Waals surface area contributed by atoms with Crippen molar-refractivity contribution in [1.82, 2.24) is 9.88 Å². The molecule has 0 radical (unpaired) electrons. The Morgan fingerprint density at radius 2 is 1.86 bits per heavy atom. The van der Waals surface area contributed by atoms with Crippen LogP contribution in [-0.2, 0) is 21.4 Å². The molecule has 198 valence electrons. The second kappa shape index (κ2) is 12.0. The first-order chi connectivity index (χ1) is 17.7. The van der Waals surface area contributed by atoms with Crippen LogP contribution in [-0.4, -0.2) is 48.1 Å². The number of aromatic nitrogens is 1. The number of nitrogens with zero attached hydrogens (tertiary/aromatic N) is 2. The molecule has 0 spiro atoms. The molecule has 2 aliphatic rings. The van der Waals surface area contributed by atoms with Crippen molar-refractivity contribution in [3.05, 3.63) is 68.7 Å². The van der Waals surface area contributed by atoms with E-state index in [9.17, 15) is 12.8 Å². The highest BCUT2D eigenvalue weighted by Crippen LogP contribution is 2.39. The molecule has 3 aromatic rings. The lowest BCUT2D eigenvalue weighted by atomic mass is 9.98. The molecule has 2 saturated heterocycles. The van der Waals surface area contributed by atoms with Crippen LogP contribution < -0.4 is 9.46 Å². The van der Waals surface area contributed by atoms with Gasteiger partial charge in [-0.25, -0.2) is 17.8 Å². The number of halogens is 3. The van der Waals surface area contributed by atoms with E-state index in [0.717, 1.165) is 37.8 Å². The number of anilines is 1. The Balaban J connectivity index is 0.00000102. The molecule has 2 atom stereocenters. The van der Waals surface area contributed by atoms with Gasteiger partial charge in [0.05, 0.1) is 20.5 Å². The lowest BCUT2D eigenvalue weighted by Crippen LogP contribution is -2.45. The van der Waals surface area contributed by atoms with Crippen molar-refractivity contribution < 1.29 is 27.4 Å². The Morgan fingerprint density at radius 1 is 1.16 bits per heavy atom. The fourth-order valence-electron chi connectivity index (χ4n) is 4.81. The standard InChI is InChI=1S/C23H22Cl2FN3O3S2.CH2O2/c24-19-7-14(1-5-21(19)26)11-29-15-2-3-16(29)9-17(8-15)32-22-6-4-18(10-20(22)25)34(30,31)28-23-12-33-13-27-23;2-1-3/h1,4-7,10,12-13,15-17,28H,2-3,8-9,11H2;1H,(H,2,3)/t15-,16-;/m0./s1. The predicted octanol–water partition coefficient (Wildman–Crippen LogP) is 5.67. The van der Waals surface area contributed by atoms with Gasteiger partial charge in [-0.3, -0.25) is 14.4 Å². The van der Waals surface area contributed by atoms with E-state index in [-0.39, 0.29) is 33.3 Å². The van der Waals surface area contributed by atoms with Gasteiger partial charge in [0.2, 0.25) is 0 Å². The number of ether oxygens (including phenoxy) is 1. The van der Waals surface area contributed by atoms with E-state index in [4.69, 9.17) is 37.8 Å². The number of benzene rings is 2. The van der Waals surface area contributed by atoms with Crippen LogP contribution in [0.25, 0.3) is 0 Å². The lowest BCUT2D eigenvalue weighted by Gasteiger charge is -2.39. The van der Waals surface area contributed by atoms with E-state index >= 15 is 0 Å². The van der Waals surface area contributed by atoms with Gasteiger partial charge in [-0.1, -0.05) is 29.3 Å². The Kier molecular flexibility index (Phi) is 8.91. The molecule has 2 fully saturated rings. The number of thiazole rings is 1.